The van der Waals surface area contributed by atoms with Crippen LogP contribution in [0.4, 0.5) is 17.1 Å². The molecule has 206 valence electrons. The summed E-state index contributed by atoms with van der Waals surface area (Å²) in [5.41, 5.74) is 4.02. The number of anilines is 2. The number of carbonyl (C=O) groups is 1. The highest BCUT2D eigenvalue weighted by Crippen LogP contribution is 2.30. The first kappa shape index (κ1) is 27.0. The van der Waals surface area contributed by atoms with Crippen molar-refractivity contribution in [2.45, 2.75) is 13.8 Å². The third-order valence-corrected chi connectivity index (χ3v) is 6.57. The van der Waals surface area contributed by atoms with E-state index < -0.39 is 10.8 Å². The molecule has 1 saturated heterocycles. The number of hydrogen-bond acceptors (Lipinski definition) is 9. The van der Waals surface area contributed by atoms with Gasteiger partial charge < -0.3 is 19.7 Å². The Labute approximate surface area is 235 Å². The lowest BCUT2D eigenvalue weighted by molar-refractivity contribution is -0.384. The number of fused-ring (bicyclic) bond motifs is 1. The molecule has 40 heavy (non-hydrogen) atoms. The summed E-state index contributed by atoms with van der Waals surface area (Å²) in [6.45, 7) is 6.45. The van der Waals surface area contributed by atoms with Gasteiger partial charge in [-0.2, -0.15) is 4.80 Å². The van der Waals surface area contributed by atoms with Gasteiger partial charge in [0.25, 0.3) is 11.6 Å². The summed E-state index contributed by atoms with van der Waals surface area (Å²) in [6, 6.07) is 15.5. The molecule has 2 heterocycles. The van der Waals surface area contributed by atoms with E-state index in [0.29, 0.717) is 55.3 Å². The van der Waals surface area contributed by atoms with E-state index in [9.17, 15) is 14.9 Å². The maximum absolute atomic E-state index is 12.9. The van der Waals surface area contributed by atoms with Crippen molar-refractivity contribution in [1.82, 2.24) is 20.3 Å². The maximum atomic E-state index is 12.9. The van der Waals surface area contributed by atoms with Gasteiger partial charge in [0.1, 0.15) is 22.5 Å². The van der Waals surface area contributed by atoms with Crippen LogP contribution in [0.5, 0.6) is 5.75 Å². The molecule has 0 aliphatic carbocycles. The first-order valence-corrected chi connectivity index (χ1v) is 13.1. The summed E-state index contributed by atoms with van der Waals surface area (Å²) < 4.78 is 10.8. The van der Waals surface area contributed by atoms with Crippen LogP contribution in [-0.2, 0) is 4.74 Å². The summed E-state index contributed by atoms with van der Waals surface area (Å²) in [5.74, 6) is 0.206. The van der Waals surface area contributed by atoms with Crippen molar-refractivity contribution >= 4 is 51.3 Å². The Balaban J connectivity index is 1.29. The highest BCUT2D eigenvalue weighted by molar-refractivity contribution is 7.80. The van der Waals surface area contributed by atoms with Gasteiger partial charge in [0, 0.05) is 30.4 Å². The third-order valence-electron chi connectivity index (χ3n) is 6.37. The zero-order chi connectivity index (χ0) is 28.2. The van der Waals surface area contributed by atoms with Crippen molar-refractivity contribution in [2.75, 3.05) is 43.1 Å². The molecule has 1 amide bonds. The normalized spacial score (nSPS) is 13.2. The molecule has 3 aromatic carbocycles. The van der Waals surface area contributed by atoms with Gasteiger partial charge in [-0.25, -0.2) is 0 Å². The predicted octanol–water partition coefficient (Wildman–Crippen LogP) is 4.00. The van der Waals surface area contributed by atoms with Crippen LogP contribution in [0.3, 0.4) is 0 Å². The molecule has 0 spiro atoms. The summed E-state index contributed by atoms with van der Waals surface area (Å²) in [5, 5.41) is 26.5. The van der Waals surface area contributed by atoms with Crippen molar-refractivity contribution < 1.29 is 19.2 Å². The number of rotatable bonds is 7. The minimum atomic E-state index is -0.561. The average molecular weight is 562 g/mol. The van der Waals surface area contributed by atoms with Gasteiger partial charge in [-0.3, -0.25) is 20.2 Å². The number of morpholine rings is 1. The van der Waals surface area contributed by atoms with Gasteiger partial charge in [-0.05, 0) is 80.2 Å². The molecule has 0 unspecified atom stereocenters. The van der Waals surface area contributed by atoms with E-state index in [2.05, 4.69) is 20.8 Å². The molecule has 0 bridgehead atoms. The quantitative estimate of drug-likeness (QED) is 0.194. The maximum Gasteiger partial charge on any atom is 0.293 e. The molecule has 5 rings (SSSR count). The second-order valence-corrected chi connectivity index (χ2v) is 9.45. The number of benzene rings is 3. The SMILES string of the molecule is CCOc1ccc(-n2nc3cc(C)c(NC(=S)NC(=O)c4ccc(N5CCOCC5)c([N+](=O)[O-])c4)cc3n2)cc1. The Kier molecular flexibility index (Phi) is 7.84. The van der Waals surface area contributed by atoms with Crippen LogP contribution in [0.15, 0.2) is 54.6 Å². The second-order valence-electron chi connectivity index (χ2n) is 9.04. The number of ether oxygens (including phenoxy) is 2. The number of hydrogen-bond donors (Lipinski definition) is 2. The van der Waals surface area contributed by atoms with E-state index in [0.717, 1.165) is 17.0 Å². The molecule has 0 radical (unpaired) electrons. The smallest absolute Gasteiger partial charge is 0.293 e. The summed E-state index contributed by atoms with van der Waals surface area (Å²) >= 11 is 5.37. The molecule has 2 N–H and O–H groups in total. The zero-order valence-corrected chi connectivity index (χ0v) is 22.7. The Morgan fingerprint density at radius 2 is 1.80 bits per heavy atom. The fourth-order valence-electron chi connectivity index (χ4n) is 4.37. The van der Waals surface area contributed by atoms with E-state index in [1.807, 2.05) is 49.1 Å². The number of thiocarbonyl (C=S) groups is 1. The number of nitrogens with zero attached hydrogens (tertiary/aromatic N) is 5. The van der Waals surface area contributed by atoms with Crippen LogP contribution in [0, 0.1) is 17.0 Å². The van der Waals surface area contributed by atoms with Crippen LogP contribution in [-0.4, -0.2) is 63.8 Å². The topological polar surface area (TPSA) is 137 Å². The molecular weight excluding hydrogens is 534 g/mol. The molecule has 12 nitrogen and oxygen atoms in total. The Morgan fingerprint density at radius 3 is 2.48 bits per heavy atom. The Morgan fingerprint density at radius 1 is 1.10 bits per heavy atom. The number of aromatic nitrogens is 3. The molecule has 0 atom stereocenters. The first-order chi connectivity index (χ1) is 19.3. The number of nitrogens with one attached hydrogen (secondary N) is 2. The number of nitro groups is 1. The van der Waals surface area contributed by atoms with E-state index in [1.165, 1.54) is 10.9 Å². The summed E-state index contributed by atoms with van der Waals surface area (Å²) in [4.78, 5) is 27.6. The number of amides is 1. The van der Waals surface area contributed by atoms with Crippen LogP contribution < -0.4 is 20.3 Å². The van der Waals surface area contributed by atoms with E-state index in [1.54, 1.807) is 18.2 Å². The number of nitro benzene ring substituents is 1. The molecule has 1 aliphatic rings. The van der Waals surface area contributed by atoms with Crippen LogP contribution in [0.25, 0.3) is 16.7 Å². The lowest BCUT2D eigenvalue weighted by atomic mass is 10.1. The van der Waals surface area contributed by atoms with E-state index in [-0.39, 0.29) is 16.4 Å². The van der Waals surface area contributed by atoms with Gasteiger partial charge in [-0.1, -0.05) is 0 Å². The highest BCUT2D eigenvalue weighted by Gasteiger charge is 2.23. The van der Waals surface area contributed by atoms with Crippen LogP contribution in [0.1, 0.15) is 22.8 Å². The molecular formula is C27H27N7O5S. The van der Waals surface area contributed by atoms with Gasteiger partial charge >= 0.3 is 0 Å². The zero-order valence-electron chi connectivity index (χ0n) is 21.9. The Bertz CT molecular complexity index is 1580. The molecule has 1 fully saturated rings. The van der Waals surface area contributed by atoms with E-state index >= 15 is 0 Å². The van der Waals surface area contributed by atoms with Gasteiger partial charge in [0.15, 0.2) is 5.11 Å². The van der Waals surface area contributed by atoms with Gasteiger partial charge in [-0.15, -0.1) is 10.2 Å². The molecule has 1 aromatic heterocycles. The summed E-state index contributed by atoms with van der Waals surface area (Å²) in [7, 11) is 0. The molecule has 0 saturated carbocycles. The van der Waals surface area contributed by atoms with E-state index in [4.69, 9.17) is 21.7 Å². The van der Waals surface area contributed by atoms with Crippen molar-refractivity contribution in [1.29, 1.82) is 0 Å². The minimum absolute atomic E-state index is 0.0475. The molecule has 4 aromatic rings. The third kappa shape index (κ3) is 5.84. The average Bonchev–Trinajstić information content (AvgIpc) is 3.36. The lowest BCUT2D eigenvalue weighted by Gasteiger charge is -2.28. The fourth-order valence-corrected chi connectivity index (χ4v) is 4.57. The standard InChI is InChI=1S/C27H27N7O5S/c1-3-39-20-7-5-19(6-8-20)33-30-22-14-17(2)21(16-23(22)31-33)28-27(40)29-26(35)18-4-9-24(25(15-18)34(36)37)32-10-12-38-13-11-32/h4-9,14-16H,3,10-13H2,1-2H3,(H2,28,29,35,40). The summed E-state index contributed by atoms with van der Waals surface area (Å²) in [6.07, 6.45) is 0. The highest BCUT2D eigenvalue weighted by atomic mass is 32.1. The second kappa shape index (κ2) is 11.6. The van der Waals surface area contributed by atoms with Crippen molar-refractivity contribution in [2.24, 2.45) is 0 Å². The monoisotopic (exact) mass is 561 g/mol. The first-order valence-electron chi connectivity index (χ1n) is 12.7. The van der Waals surface area contributed by atoms with Crippen LogP contribution >= 0.6 is 12.2 Å². The van der Waals surface area contributed by atoms with Crippen molar-refractivity contribution in [3.05, 3.63) is 75.8 Å². The molecule has 1 aliphatic heterocycles. The van der Waals surface area contributed by atoms with Crippen molar-refractivity contribution in [3.8, 4) is 11.4 Å². The van der Waals surface area contributed by atoms with Crippen molar-refractivity contribution in [3.63, 3.8) is 0 Å². The molecule has 13 heteroatoms. The predicted molar refractivity (Wildman–Crippen MR) is 155 cm³/mol. The minimum Gasteiger partial charge on any atom is -0.494 e. The lowest BCUT2D eigenvalue weighted by Crippen LogP contribution is -2.37. The number of aryl methyl sites for hydroxylation is 1. The Hall–Kier alpha value is -4.62. The largest absolute Gasteiger partial charge is 0.494 e. The fraction of sp³-hybridized carbons (Fsp3) is 0.259. The van der Waals surface area contributed by atoms with Crippen LogP contribution in [0.2, 0.25) is 0 Å². The van der Waals surface area contributed by atoms with Gasteiger partial charge in [0.05, 0.1) is 30.4 Å². The van der Waals surface area contributed by atoms with Gasteiger partial charge in [0.2, 0.25) is 0 Å². The number of carbonyl (C=O) groups excluding carboxylic acids is 1.